The number of thiophene rings is 1. The van der Waals surface area contributed by atoms with Crippen LogP contribution in [-0.2, 0) is 4.74 Å². The number of hydrogen-bond donors (Lipinski definition) is 0. The van der Waals surface area contributed by atoms with Gasteiger partial charge in [-0.3, -0.25) is 9.69 Å². The molecule has 3 heterocycles. The van der Waals surface area contributed by atoms with Crippen LogP contribution in [0.15, 0.2) is 41.8 Å². The van der Waals surface area contributed by atoms with Crippen molar-refractivity contribution in [3.63, 3.8) is 0 Å². The number of rotatable bonds is 4. The molecule has 0 saturated carbocycles. The summed E-state index contributed by atoms with van der Waals surface area (Å²) in [6, 6.07) is 12.6. The Morgan fingerprint density at radius 1 is 1.12 bits per heavy atom. The molecule has 2 saturated heterocycles. The number of benzene rings is 1. The van der Waals surface area contributed by atoms with E-state index in [9.17, 15) is 4.79 Å². The summed E-state index contributed by atoms with van der Waals surface area (Å²) in [6.45, 7) is 5.42. The van der Waals surface area contributed by atoms with E-state index >= 15 is 0 Å². The lowest BCUT2D eigenvalue weighted by Gasteiger charge is -2.39. The molecule has 4 nitrogen and oxygen atoms in total. The van der Waals surface area contributed by atoms with Gasteiger partial charge in [0.1, 0.15) is 0 Å². The molecular formula is C21H26N2O2S. The molecule has 2 fully saturated rings. The third kappa shape index (κ3) is 4.00. The van der Waals surface area contributed by atoms with Crippen molar-refractivity contribution in [3.8, 4) is 10.4 Å². The number of nitrogens with zero attached hydrogens (tertiary/aromatic N) is 2. The molecule has 0 spiro atoms. The van der Waals surface area contributed by atoms with Crippen molar-refractivity contribution < 1.29 is 9.53 Å². The van der Waals surface area contributed by atoms with Crippen LogP contribution in [-0.4, -0.2) is 61.1 Å². The maximum absolute atomic E-state index is 13.3. The monoisotopic (exact) mass is 370 g/mol. The maximum atomic E-state index is 13.3. The molecule has 138 valence electrons. The Morgan fingerprint density at radius 3 is 2.81 bits per heavy atom. The number of piperidine rings is 1. The summed E-state index contributed by atoms with van der Waals surface area (Å²) in [4.78, 5) is 19.0. The highest BCUT2D eigenvalue weighted by atomic mass is 32.1. The van der Waals surface area contributed by atoms with Gasteiger partial charge in [-0.05, 0) is 48.4 Å². The van der Waals surface area contributed by atoms with Crippen LogP contribution in [0.3, 0.4) is 0 Å². The molecule has 26 heavy (non-hydrogen) atoms. The van der Waals surface area contributed by atoms with E-state index < -0.39 is 0 Å². The smallest absolute Gasteiger partial charge is 0.254 e. The highest BCUT2D eigenvalue weighted by Gasteiger charge is 2.29. The van der Waals surface area contributed by atoms with Gasteiger partial charge >= 0.3 is 0 Å². The minimum atomic E-state index is 0.182. The Kier molecular flexibility index (Phi) is 5.68. The predicted octanol–water partition coefficient (Wildman–Crippen LogP) is 3.74. The Balaban J connectivity index is 1.50. The van der Waals surface area contributed by atoms with Crippen LogP contribution in [0.25, 0.3) is 10.4 Å². The van der Waals surface area contributed by atoms with Gasteiger partial charge in [-0.25, -0.2) is 0 Å². The highest BCUT2D eigenvalue weighted by molar-refractivity contribution is 7.13. The Morgan fingerprint density at radius 2 is 2.00 bits per heavy atom. The van der Waals surface area contributed by atoms with Crippen LogP contribution in [0, 0.1) is 0 Å². The zero-order valence-corrected chi connectivity index (χ0v) is 15.9. The van der Waals surface area contributed by atoms with Crippen LogP contribution in [0.4, 0.5) is 0 Å². The topological polar surface area (TPSA) is 32.8 Å². The molecule has 4 rings (SSSR count). The van der Waals surface area contributed by atoms with Crippen molar-refractivity contribution in [2.75, 3.05) is 39.4 Å². The lowest BCUT2D eigenvalue weighted by atomic mass is 9.99. The minimum Gasteiger partial charge on any atom is -0.379 e. The number of morpholine rings is 1. The van der Waals surface area contributed by atoms with Gasteiger partial charge in [-0.15, -0.1) is 11.3 Å². The molecular weight excluding hydrogens is 344 g/mol. The first kappa shape index (κ1) is 17.7. The largest absolute Gasteiger partial charge is 0.379 e. The van der Waals surface area contributed by atoms with Crippen molar-refractivity contribution in [1.29, 1.82) is 0 Å². The van der Waals surface area contributed by atoms with Crippen LogP contribution >= 0.6 is 11.3 Å². The van der Waals surface area contributed by atoms with Crippen LogP contribution in [0.2, 0.25) is 0 Å². The van der Waals surface area contributed by atoms with Gasteiger partial charge in [0.25, 0.3) is 5.91 Å². The lowest BCUT2D eigenvalue weighted by molar-refractivity contribution is 0.0166. The van der Waals surface area contributed by atoms with Crippen LogP contribution in [0.1, 0.15) is 29.6 Å². The SMILES string of the molecule is O=C(c1cccc(-c2cccs2)c1)N1CCCCC1CN1CCOCC1. The minimum absolute atomic E-state index is 0.182. The highest BCUT2D eigenvalue weighted by Crippen LogP contribution is 2.27. The van der Waals surface area contributed by atoms with Gasteiger partial charge in [0.15, 0.2) is 0 Å². The summed E-state index contributed by atoms with van der Waals surface area (Å²) >= 11 is 1.71. The molecule has 1 aromatic carbocycles. The fourth-order valence-corrected chi connectivity index (χ4v) is 4.68. The molecule has 2 aromatic rings. The third-order valence-electron chi connectivity index (χ3n) is 5.38. The van der Waals surface area contributed by atoms with E-state index in [-0.39, 0.29) is 5.91 Å². The first-order valence-corrected chi connectivity index (χ1v) is 10.4. The standard InChI is InChI=1S/C21H26N2O2S/c24-21(18-6-3-5-17(15-18)20-8-4-14-26-20)23-9-2-1-7-19(23)16-22-10-12-25-13-11-22/h3-6,8,14-15,19H,1-2,7,9-13,16H2. The summed E-state index contributed by atoms with van der Waals surface area (Å²) < 4.78 is 5.46. The van der Waals surface area contributed by atoms with Gasteiger partial charge < -0.3 is 9.64 Å². The molecule has 2 aliphatic heterocycles. The average Bonchev–Trinajstić information content (AvgIpc) is 3.24. The first-order chi connectivity index (χ1) is 12.8. The summed E-state index contributed by atoms with van der Waals surface area (Å²) in [5.74, 6) is 0.182. The number of hydrogen-bond acceptors (Lipinski definition) is 4. The first-order valence-electron chi connectivity index (χ1n) is 9.56. The maximum Gasteiger partial charge on any atom is 0.254 e. The molecule has 1 amide bonds. The predicted molar refractivity (Wildman–Crippen MR) is 106 cm³/mol. The molecule has 0 aliphatic carbocycles. The second-order valence-electron chi connectivity index (χ2n) is 7.12. The van der Waals surface area contributed by atoms with Gasteiger partial charge in [0.05, 0.1) is 13.2 Å². The third-order valence-corrected chi connectivity index (χ3v) is 6.29. The molecule has 2 aliphatic rings. The molecule has 1 atom stereocenters. The van der Waals surface area contributed by atoms with E-state index in [1.54, 1.807) is 11.3 Å². The number of ether oxygens (including phenoxy) is 1. The van der Waals surface area contributed by atoms with E-state index in [4.69, 9.17) is 4.74 Å². The Hall–Kier alpha value is -1.69. The number of carbonyl (C=O) groups excluding carboxylic acids is 1. The number of likely N-dealkylation sites (tertiary alicyclic amines) is 1. The van der Waals surface area contributed by atoms with Gasteiger partial charge in [0.2, 0.25) is 0 Å². The van der Waals surface area contributed by atoms with E-state index in [0.29, 0.717) is 6.04 Å². The molecule has 1 aromatic heterocycles. The molecule has 0 radical (unpaired) electrons. The van der Waals surface area contributed by atoms with Crippen molar-refractivity contribution in [2.24, 2.45) is 0 Å². The Labute approximate surface area is 159 Å². The normalized spacial score (nSPS) is 21.7. The zero-order valence-electron chi connectivity index (χ0n) is 15.1. The molecule has 1 unspecified atom stereocenters. The molecule has 0 bridgehead atoms. The van der Waals surface area contributed by atoms with Crippen LogP contribution < -0.4 is 0 Å². The summed E-state index contributed by atoms with van der Waals surface area (Å²) in [5.41, 5.74) is 1.94. The van der Waals surface area contributed by atoms with E-state index in [1.165, 1.54) is 11.3 Å². The van der Waals surface area contributed by atoms with E-state index in [1.807, 2.05) is 12.1 Å². The van der Waals surface area contributed by atoms with Gasteiger partial charge in [0, 0.05) is 42.7 Å². The fourth-order valence-electron chi connectivity index (χ4n) is 3.95. The summed E-state index contributed by atoms with van der Waals surface area (Å²) in [7, 11) is 0. The quantitative estimate of drug-likeness (QED) is 0.822. The van der Waals surface area contributed by atoms with Crippen molar-refractivity contribution >= 4 is 17.2 Å². The number of carbonyl (C=O) groups is 1. The van der Waals surface area contributed by atoms with Gasteiger partial charge in [-0.2, -0.15) is 0 Å². The summed E-state index contributed by atoms with van der Waals surface area (Å²) in [6.07, 6.45) is 3.43. The Bertz CT molecular complexity index is 725. The molecule has 5 heteroatoms. The van der Waals surface area contributed by atoms with Crippen molar-refractivity contribution in [1.82, 2.24) is 9.80 Å². The zero-order chi connectivity index (χ0) is 17.8. The van der Waals surface area contributed by atoms with Gasteiger partial charge in [-0.1, -0.05) is 18.2 Å². The molecule has 0 N–H and O–H groups in total. The average molecular weight is 371 g/mol. The fraction of sp³-hybridized carbons (Fsp3) is 0.476. The van der Waals surface area contributed by atoms with E-state index in [2.05, 4.69) is 39.4 Å². The van der Waals surface area contributed by atoms with Crippen LogP contribution in [0.5, 0.6) is 0 Å². The number of amides is 1. The second-order valence-corrected chi connectivity index (χ2v) is 8.07. The van der Waals surface area contributed by atoms with Crippen molar-refractivity contribution in [2.45, 2.75) is 25.3 Å². The van der Waals surface area contributed by atoms with Crippen molar-refractivity contribution in [3.05, 3.63) is 47.3 Å². The second kappa shape index (κ2) is 8.33. The lowest BCUT2D eigenvalue weighted by Crippen LogP contribution is -2.51. The summed E-state index contributed by atoms with van der Waals surface area (Å²) in [5, 5.41) is 2.08. The van der Waals surface area contributed by atoms with E-state index in [0.717, 1.165) is 63.4 Å².